The average Bonchev–Trinajstić information content (AvgIpc) is 3.31. The lowest BCUT2D eigenvalue weighted by Crippen LogP contribution is -2.20. The molecule has 0 spiro atoms. The van der Waals surface area contributed by atoms with E-state index in [9.17, 15) is 5.26 Å². The molecule has 40 heavy (non-hydrogen) atoms. The summed E-state index contributed by atoms with van der Waals surface area (Å²) in [6.07, 6.45) is 0.493. The van der Waals surface area contributed by atoms with Crippen LogP contribution in [0.3, 0.4) is 0 Å². The zero-order chi connectivity index (χ0) is 28.5. The van der Waals surface area contributed by atoms with Gasteiger partial charge in [-0.1, -0.05) is 51.8 Å². The molecule has 4 aromatic carbocycles. The average molecular weight is 616 g/mol. The quantitative estimate of drug-likeness (QED) is 0.0696. The first-order valence-corrected chi connectivity index (χ1v) is 14.1. The minimum Gasteiger partial charge on any atom is -0.691 e. The summed E-state index contributed by atoms with van der Waals surface area (Å²) in [7, 11) is 2.01. The van der Waals surface area contributed by atoms with Crippen molar-refractivity contribution in [1.29, 1.82) is 5.26 Å². The fraction of sp³-hybridized carbons (Fsp3) is 0.194. The van der Waals surface area contributed by atoms with Crippen LogP contribution in [0.1, 0.15) is 23.1 Å². The van der Waals surface area contributed by atoms with Gasteiger partial charge in [-0.05, 0) is 49.4 Å². The molecule has 5 rings (SSSR count). The number of aryl methyl sites for hydroxylation is 1. The van der Waals surface area contributed by atoms with Crippen molar-refractivity contribution >= 4 is 55.8 Å². The van der Waals surface area contributed by atoms with Gasteiger partial charge >= 0.3 is 0 Å². The Balaban J connectivity index is 0.000000283. The number of benzene rings is 4. The molecule has 0 fully saturated rings. The van der Waals surface area contributed by atoms with Crippen LogP contribution >= 0.6 is 28.0 Å². The molecular formula is C31H27BrN4O3S. The van der Waals surface area contributed by atoms with E-state index in [-0.39, 0.29) is 0 Å². The van der Waals surface area contributed by atoms with Crippen LogP contribution in [0.2, 0.25) is 0 Å². The van der Waals surface area contributed by atoms with Crippen molar-refractivity contribution in [2.75, 3.05) is 31.6 Å². The summed E-state index contributed by atoms with van der Waals surface area (Å²) in [5.74, 6) is 0. The van der Waals surface area contributed by atoms with Crippen LogP contribution in [-0.4, -0.2) is 37.0 Å². The predicted octanol–water partition coefficient (Wildman–Crippen LogP) is 6.59. The van der Waals surface area contributed by atoms with E-state index in [2.05, 4.69) is 100 Å². The maximum Gasteiger partial charge on any atom is 0.272 e. The van der Waals surface area contributed by atoms with Crippen molar-refractivity contribution < 1.29 is 19.2 Å². The van der Waals surface area contributed by atoms with E-state index in [0.717, 1.165) is 49.6 Å². The van der Waals surface area contributed by atoms with Crippen molar-refractivity contribution in [3.8, 4) is 6.07 Å². The minimum atomic E-state index is 0.441. The highest BCUT2D eigenvalue weighted by atomic mass is 79.9. The van der Waals surface area contributed by atoms with Crippen molar-refractivity contribution in [2.24, 2.45) is 0 Å². The Morgan fingerprint density at radius 3 is 2.60 bits per heavy atom. The number of anilines is 1. The highest BCUT2D eigenvalue weighted by molar-refractivity contribution is 9.10. The maximum atomic E-state index is 9.43. The van der Waals surface area contributed by atoms with Crippen LogP contribution in [-0.2, 0) is 9.37 Å². The van der Waals surface area contributed by atoms with Crippen molar-refractivity contribution in [2.45, 2.75) is 18.2 Å². The number of hydrogen-bond acceptors (Lipinski definition) is 6. The van der Waals surface area contributed by atoms with E-state index in [1.54, 1.807) is 0 Å². The van der Waals surface area contributed by atoms with Crippen molar-refractivity contribution in [3.05, 3.63) is 111 Å². The van der Waals surface area contributed by atoms with Gasteiger partial charge in [0.2, 0.25) is 17.9 Å². The molecule has 202 valence electrons. The summed E-state index contributed by atoms with van der Waals surface area (Å²) in [6.45, 7) is 11.1. The molecule has 0 saturated carbocycles. The number of halogens is 1. The van der Waals surface area contributed by atoms with Gasteiger partial charge in [-0.2, -0.15) is 14.2 Å². The first-order valence-electron chi connectivity index (χ1n) is 12.6. The third-order valence-electron chi connectivity index (χ3n) is 6.52. The normalized spacial score (nSPS) is 11.6. The SMILES string of the molecule is Cc1ccc(SOO[O-])cc1.[C-]#[N+]CC[N+]1=C(c2cccc(N(C)CCC#N)c2)c2cccc3c(Br)ccc1c23. The van der Waals surface area contributed by atoms with Gasteiger partial charge in [0.1, 0.15) is 0 Å². The molecule has 1 aliphatic heterocycles. The Kier molecular flexibility index (Phi) is 10.3. The van der Waals surface area contributed by atoms with E-state index in [0.29, 0.717) is 26.1 Å². The smallest absolute Gasteiger partial charge is 0.272 e. The van der Waals surface area contributed by atoms with E-state index >= 15 is 0 Å². The Hall–Kier alpha value is -3.70. The van der Waals surface area contributed by atoms with Gasteiger partial charge in [-0.15, -0.1) is 0 Å². The van der Waals surface area contributed by atoms with Gasteiger partial charge in [0.25, 0.3) is 6.54 Å². The van der Waals surface area contributed by atoms with Gasteiger partial charge < -0.3 is 15.0 Å². The van der Waals surface area contributed by atoms with E-state index < -0.39 is 0 Å². The Bertz CT molecular complexity index is 1610. The van der Waals surface area contributed by atoms with Crippen LogP contribution in [0, 0.1) is 24.8 Å². The molecule has 0 amide bonds. The molecule has 0 saturated heterocycles. The van der Waals surface area contributed by atoms with Gasteiger partial charge in [0, 0.05) is 45.7 Å². The van der Waals surface area contributed by atoms with Gasteiger partial charge in [0.05, 0.1) is 35.5 Å². The summed E-state index contributed by atoms with van der Waals surface area (Å²) < 4.78 is 7.47. The highest BCUT2D eigenvalue weighted by Gasteiger charge is 2.34. The number of rotatable bonds is 9. The molecule has 0 unspecified atom stereocenters. The topological polar surface area (TPSA) is 75.9 Å². The molecule has 9 heteroatoms. The number of nitriles is 1. The summed E-state index contributed by atoms with van der Waals surface area (Å²) in [4.78, 5) is 6.54. The lowest BCUT2D eigenvalue weighted by Gasteiger charge is -2.18. The highest BCUT2D eigenvalue weighted by Crippen LogP contribution is 2.40. The largest absolute Gasteiger partial charge is 0.691 e. The summed E-state index contributed by atoms with van der Waals surface area (Å²) in [5.41, 5.74) is 6.86. The second-order valence-corrected chi connectivity index (χ2v) is 10.7. The summed E-state index contributed by atoms with van der Waals surface area (Å²) >= 11 is 4.58. The van der Waals surface area contributed by atoms with Crippen LogP contribution in [0.25, 0.3) is 15.6 Å². The molecule has 7 nitrogen and oxygen atoms in total. The molecular weight excluding hydrogens is 588 g/mol. The number of nitrogens with zero attached hydrogens (tertiary/aromatic N) is 4. The Labute approximate surface area is 246 Å². The van der Waals surface area contributed by atoms with Gasteiger partial charge in [0.15, 0.2) is 0 Å². The zero-order valence-corrected chi connectivity index (χ0v) is 24.5. The maximum absolute atomic E-state index is 9.43. The lowest BCUT2D eigenvalue weighted by atomic mass is 9.98. The van der Waals surface area contributed by atoms with E-state index in [1.807, 2.05) is 38.2 Å². The lowest BCUT2D eigenvalue weighted by molar-refractivity contribution is -0.777. The minimum absolute atomic E-state index is 0.441. The molecule has 4 aromatic rings. The summed E-state index contributed by atoms with van der Waals surface area (Å²) in [6, 6.07) is 28.8. The van der Waals surface area contributed by atoms with Crippen LogP contribution < -0.4 is 10.2 Å². The second kappa shape index (κ2) is 14.1. The molecule has 0 bridgehead atoms. The fourth-order valence-electron chi connectivity index (χ4n) is 4.62. The number of hydrogen-bond donors (Lipinski definition) is 0. The molecule has 0 atom stereocenters. The van der Waals surface area contributed by atoms with Gasteiger partial charge in [-0.25, -0.2) is 6.57 Å². The van der Waals surface area contributed by atoms with E-state index in [1.165, 1.54) is 16.3 Å². The first kappa shape index (κ1) is 29.3. The zero-order valence-electron chi connectivity index (χ0n) is 22.1. The predicted molar refractivity (Wildman–Crippen MR) is 160 cm³/mol. The third-order valence-corrected chi connectivity index (χ3v) is 7.79. The molecule has 0 aromatic heterocycles. The van der Waals surface area contributed by atoms with Crippen LogP contribution in [0.15, 0.2) is 88.2 Å². The van der Waals surface area contributed by atoms with Gasteiger partial charge in [-0.3, -0.25) is 5.04 Å². The molecule has 1 aliphatic rings. The van der Waals surface area contributed by atoms with E-state index in [4.69, 9.17) is 11.8 Å². The van der Waals surface area contributed by atoms with Crippen molar-refractivity contribution in [3.63, 3.8) is 0 Å². The third kappa shape index (κ3) is 6.71. The molecule has 0 radical (unpaired) electrons. The second-order valence-electron chi connectivity index (χ2n) is 9.09. The standard InChI is InChI=1S/C24H20BrN4.C7H8O3S/c1-27-13-15-29-22-11-10-21(25)19-8-4-9-20(23(19)22)24(29)17-6-3-7-18(16-17)28(2)14-5-12-26;1-6-2-4-7(5-3-6)11-10-9-8/h3-4,6-11,16H,5,13-15H2,2H3;2-5,8H,1H3/q+1;/p-1. The molecule has 0 N–H and O–H groups in total. The fourth-order valence-corrected chi connectivity index (χ4v) is 5.43. The summed E-state index contributed by atoms with van der Waals surface area (Å²) in [5, 5.41) is 23.9. The van der Waals surface area contributed by atoms with Crippen molar-refractivity contribution in [1.82, 2.24) is 0 Å². The Morgan fingerprint density at radius 1 is 1.10 bits per heavy atom. The van der Waals surface area contributed by atoms with Crippen LogP contribution in [0.5, 0.6) is 0 Å². The van der Waals surface area contributed by atoms with Crippen LogP contribution in [0.4, 0.5) is 11.4 Å². The monoisotopic (exact) mass is 614 g/mol. The molecule has 1 heterocycles. The molecule has 0 aliphatic carbocycles. The Morgan fingerprint density at radius 2 is 1.88 bits per heavy atom. The first-order chi connectivity index (χ1) is 19.5.